The van der Waals surface area contributed by atoms with E-state index in [-0.39, 0.29) is 17.0 Å². The molecular weight excluding hydrogens is 296 g/mol. The molecule has 0 aliphatic heterocycles. The number of anilines is 1. The van der Waals surface area contributed by atoms with Crippen molar-refractivity contribution in [2.45, 2.75) is 18.6 Å². The molecule has 2 atom stereocenters. The molecule has 0 heterocycles. The molecule has 1 aliphatic rings. The van der Waals surface area contributed by atoms with Gasteiger partial charge in [0.15, 0.2) is 5.75 Å². The Kier molecular flexibility index (Phi) is 3.99. The Bertz CT molecular complexity index is 760. The molecule has 2 aromatic carbocycles. The number of phenols is 1. The third kappa shape index (κ3) is 2.76. The van der Waals surface area contributed by atoms with Gasteiger partial charge in [0.05, 0.1) is 23.4 Å². The molecule has 1 aliphatic carbocycles. The van der Waals surface area contributed by atoms with Crippen LogP contribution in [0.4, 0.5) is 5.69 Å². The number of phenolic OH excluding ortho intramolecular Hbond substituents is 1. The van der Waals surface area contributed by atoms with Crippen LogP contribution < -0.4 is 10.6 Å². The maximum Gasteiger partial charge on any atom is 0.255 e. The summed E-state index contributed by atoms with van der Waals surface area (Å²) >= 11 is 0. The molecule has 2 aromatic rings. The molecule has 4 N–H and O–H groups in total. The molecule has 0 aromatic heterocycles. The van der Waals surface area contributed by atoms with Crippen molar-refractivity contribution in [1.82, 2.24) is 5.32 Å². The minimum absolute atomic E-state index is 0.0417. The van der Waals surface area contributed by atoms with Gasteiger partial charge in [0, 0.05) is 0 Å². The summed E-state index contributed by atoms with van der Waals surface area (Å²) in [5.41, 5.74) is 1.99. The summed E-state index contributed by atoms with van der Waals surface area (Å²) in [6.45, 7) is 0. The van der Waals surface area contributed by atoms with Gasteiger partial charge >= 0.3 is 0 Å². The third-order valence-corrected chi connectivity index (χ3v) is 4.01. The summed E-state index contributed by atoms with van der Waals surface area (Å²) in [4.78, 5) is 22.9. The Morgan fingerprint density at radius 3 is 2.70 bits per heavy atom. The lowest BCUT2D eigenvalue weighted by molar-refractivity contribution is -0.105. The number of hydrogen-bond acceptors (Lipinski definition) is 4. The smallest absolute Gasteiger partial charge is 0.255 e. The van der Waals surface area contributed by atoms with Crippen LogP contribution in [0.15, 0.2) is 42.5 Å². The topological polar surface area (TPSA) is 98.7 Å². The molecule has 0 radical (unpaired) electrons. The molecule has 3 rings (SSSR count). The number of carbonyl (C=O) groups is 2. The second-order valence-corrected chi connectivity index (χ2v) is 5.39. The summed E-state index contributed by atoms with van der Waals surface area (Å²) < 4.78 is 0. The lowest BCUT2D eigenvalue weighted by Gasteiger charge is -2.18. The number of para-hydroxylation sites is 1. The van der Waals surface area contributed by atoms with Crippen molar-refractivity contribution in [3.05, 3.63) is 59.2 Å². The normalized spacial score (nSPS) is 19.0. The van der Waals surface area contributed by atoms with E-state index in [0.717, 1.165) is 11.1 Å². The zero-order valence-corrected chi connectivity index (χ0v) is 12.2. The van der Waals surface area contributed by atoms with Gasteiger partial charge in [-0.3, -0.25) is 9.59 Å². The van der Waals surface area contributed by atoms with Crippen molar-refractivity contribution in [3.8, 4) is 5.75 Å². The second kappa shape index (κ2) is 6.10. The average molecular weight is 312 g/mol. The first kappa shape index (κ1) is 15.1. The molecule has 0 saturated heterocycles. The summed E-state index contributed by atoms with van der Waals surface area (Å²) in [5.74, 6) is -0.809. The van der Waals surface area contributed by atoms with E-state index < -0.39 is 18.1 Å². The van der Waals surface area contributed by atoms with E-state index >= 15 is 0 Å². The highest BCUT2D eigenvalue weighted by atomic mass is 16.3. The maximum atomic E-state index is 12.4. The van der Waals surface area contributed by atoms with Crippen molar-refractivity contribution in [3.63, 3.8) is 0 Å². The highest BCUT2D eigenvalue weighted by molar-refractivity contribution is 5.99. The molecule has 2 unspecified atom stereocenters. The second-order valence-electron chi connectivity index (χ2n) is 5.39. The molecule has 0 bridgehead atoms. The van der Waals surface area contributed by atoms with Crippen molar-refractivity contribution in [2.75, 3.05) is 5.32 Å². The van der Waals surface area contributed by atoms with Crippen LogP contribution >= 0.6 is 0 Å². The van der Waals surface area contributed by atoms with Gasteiger partial charge in [-0.25, -0.2) is 0 Å². The predicted octanol–water partition coefficient (Wildman–Crippen LogP) is 1.35. The molecule has 0 spiro atoms. The predicted molar refractivity (Wildman–Crippen MR) is 84.2 cm³/mol. The largest absolute Gasteiger partial charge is 0.505 e. The van der Waals surface area contributed by atoms with E-state index in [1.807, 2.05) is 24.3 Å². The number of nitrogens with one attached hydrogen (secondary N) is 2. The third-order valence-electron chi connectivity index (χ3n) is 4.01. The maximum absolute atomic E-state index is 12.4. The molecule has 118 valence electrons. The number of benzene rings is 2. The lowest BCUT2D eigenvalue weighted by Crippen LogP contribution is -2.37. The first-order valence-corrected chi connectivity index (χ1v) is 7.20. The van der Waals surface area contributed by atoms with E-state index in [1.54, 1.807) is 6.07 Å². The Balaban J connectivity index is 1.79. The molecule has 6 heteroatoms. The Hall–Kier alpha value is -2.86. The molecule has 0 fully saturated rings. The molecule has 2 amide bonds. The number of aromatic hydroxyl groups is 1. The van der Waals surface area contributed by atoms with Gasteiger partial charge in [0.2, 0.25) is 6.41 Å². The highest BCUT2D eigenvalue weighted by Crippen LogP contribution is 2.32. The van der Waals surface area contributed by atoms with Gasteiger partial charge < -0.3 is 20.8 Å². The first-order chi connectivity index (χ1) is 11.1. The number of carbonyl (C=O) groups excluding carboxylic acids is 2. The van der Waals surface area contributed by atoms with Crippen LogP contribution in [0.2, 0.25) is 0 Å². The van der Waals surface area contributed by atoms with Crippen LogP contribution in [-0.4, -0.2) is 28.6 Å². The van der Waals surface area contributed by atoms with E-state index in [0.29, 0.717) is 12.8 Å². The fourth-order valence-corrected chi connectivity index (χ4v) is 2.86. The van der Waals surface area contributed by atoms with Crippen LogP contribution in [0.25, 0.3) is 0 Å². The Morgan fingerprint density at radius 2 is 1.96 bits per heavy atom. The van der Waals surface area contributed by atoms with Gasteiger partial charge in [0.25, 0.3) is 5.91 Å². The SMILES string of the molecule is O=CNc1cccc(C(=O)NC2Cc3ccccc3C2O)c1O. The van der Waals surface area contributed by atoms with Gasteiger partial charge in [0.1, 0.15) is 0 Å². The number of hydrogen-bond donors (Lipinski definition) is 4. The zero-order valence-electron chi connectivity index (χ0n) is 12.2. The van der Waals surface area contributed by atoms with Crippen molar-refractivity contribution < 1.29 is 19.8 Å². The highest BCUT2D eigenvalue weighted by Gasteiger charge is 2.32. The molecule has 0 saturated carbocycles. The summed E-state index contributed by atoms with van der Waals surface area (Å²) in [6.07, 6.45) is 0.165. The van der Waals surface area contributed by atoms with E-state index in [1.165, 1.54) is 12.1 Å². The standard InChI is InChI=1S/C17H16N2O4/c20-9-18-13-7-3-6-12(16(13)22)17(23)19-14-8-10-4-1-2-5-11(10)15(14)21/h1-7,9,14-15,21-22H,8H2,(H,18,20)(H,19,23). The van der Waals surface area contributed by atoms with Gasteiger partial charge in [-0.05, 0) is 29.7 Å². The van der Waals surface area contributed by atoms with E-state index in [9.17, 15) is 19.8 Å². The number of rotatable bonds is 4. The van der Waals surface area contributed by atoms with Crippen LogP contribution in [0.1, 0.15) is 27.6 Å². The summed E-state index contributed by atoms with van der Waals surface area (Å²) in [5, 5.41) is 25.4. The van der Waals surface area contributed by atoms with Gasteiger partial charge in [-0.1, -0.05) is 30.3 Å². The van der Waals surface area contributed by atoms with E-state index in [4.69, 9.17) is 0 Å². The first-order valence-electron chi connectivity index (χ1n) is 7.20. The van der Waals surface area contributed by atoms with Crippen LogP contribution in [0, 0.1) is 0 Å². The van der Waals surface area contributed by atoms with Crippen molar-refractivity contribution in [1.29, 1.82) is 0 Å². The quantitative estimate of drug-likeness (QED) is 0.506. The molecule has 6 nitrogen and oxygen atoms in total. The number of aliphatic hydroxyl groups is 1. The molecular formula is C17H16N2O4. The minimum atomic E-state index is -0.784. The monoisotopic (exact) mass is 312 g/mol. The van der Waals surface area contributed by atoms with Crippen LogP contribution in [0.5, 0.6) is 5.75 Å². The van der Waals surface area contributed by atoms with Gasteiger partial charge in [-0.15, -0.1) is 0 Å². The zero-order chi connectivity index (χ0) is 16.4. The number of fused-ring (bicyclic) bond motifs is 1. The Labute approximate surface area is 132 Å². The number of aliphatic hydroxyl groups excluding tert-OH is 1. The fraction of sp³-hybridized carbons (Fsp3) is 0.176. The van der Waals surface area contributed by atoms with Crippen LogP contribution in [0.3, 0.4) is 0 Å². The van der Waals surface area contributed by atoms with Gasteiger partial charge in [-0.2, -0.15) is 0 Å². The molecule has 23 heavy (non-hydrogen) atoms. The lowest BCUT2D eigenvalue weighted by atomic mass is 10.1. The Morgan fingerprint density at radius 1 is 1.17 bits per heavy atom. The minimum Gasteiger partial charge on any atom is -0.505 e. The fourth-order valence-electron chi connectivity index (χ4n) is 2.86. The summed E-state index contributed by atoms with van der Waals surface area (Å²) in [7, 11) is 0. The average Bonchev–Trinajstić information content (AvgIpc) is 2.86. The van der Waals surface area contributed by atoms with Crippen molar-refractivity contribution >= 4 is 18.0 Å². The van der Waals surface area contributed by atoms with E-state index in [2.05, 4.69) is 10.6 Å². The van der Waals surface area contributed by atoms with Crippen molar-refractivity contribution in [2.24, 2.45) is 0 Å². The van der Waals surface area contributed by atoms with Crippen LogP contribution in [-0.2, 0) is 11.2 Å². The number of amides is 2. The summed E-state index contributed by atoms with van der Waals surface area (Å²) in [6, 6.07) is 11.5.